The fourth-order valence-electron chi connectivity index (χ4n) is 1.90. The minimum absolute atomic E-state index is 0.0158. The van der Waals surface area contributed by atoms with Crippen LogP contribution in [0.25, 0.3) is 0 Å². The van der Waals surface area contributed by atoms with E-state index in [9.17, 15) is 8.78 Å². The lowest BCUT2D eigenvalue weighted by molar-refractivity contribution is 0.242. The molecule has 112 valence electrons. The molecular weight excluding hydrogens is 296 g/mol. The quantitative estimate of drug-likeness (QED) is 0.837. The largest absolute Gasteiger partial charge is 0.491 e. The second-order valence-electron chi connectivity index (χ2n) is 4.91. The average Bonchev–Trinajstić information content (AvgIpc) is 2.37. The number of halogens is 3. The highest BCUT2D eigenvalue weighted by Gasteiger charge is 2.09. The Morgan fingerprint density at radius 2 is 1.95 bits per heavy atom. The maximum atomic E-state index is 13.7. The van der Waals surface area contributed by atoms with Crippen molar-refractivity contribution in [3.8, 4) is 5.75 Å². The molecule has 0 heterocycles. The van der Waals surface area contributed by atoms with Crippen molar-refractivity contribution in [3.63, 3.8) is 0 Å². The smallest absolute Gasteiger partial charge is 0.150 e. The van der Waals surface area contributed by atoms with Crippen molar-refractivity contribution in [2.45, 2.75) is 26.5 Å². The number of rotatable bonds is 5. The first kappa shape index (κ1) is 15.6. The van der Waals surface area contributed by atoms with E-state index in [1.165, 1.54) is 0 Å². The first-order chi connectivity index (χ1) is 9.95. The van der Waals surface area contributed by atoms with Gasteiger partial charge in [0, 0.05) is 12.6 Å². The van der Waals surface area contributed by atoms with Gasteiger partial charge in [0.05, 0.1) is 16.8 Å². The van der Waals surface area contributed by atoms with Crippen molar-refractivity contribution in [2.75, 3.05) is 5.32 Å². The first-order valence-corrected chi connectivity index (χ1v) is 6.97. The molecule has 0 fully saturated rings. The van der Waals surface area contributed by atoms with E-state index in [2.05, 4.69) is 5.32 Å². The van der Waals surface area contributed by atoms with Gasteiger partial charge >= 0.3 is 0 Å². The molecule has 0 bridgehead atoms. The van der Waals surface area contributed by atoms with Crippen molar-refractivity contribution in [3.05, 3.63) is 58.6 Å². The first-order valence-electron chi connectivity index (χ1n) is 6.59. The third-order valence-corrected chi connectivity index (χ3v) is 3.04. The van der Waals surface area contributed by atoms with Crippen molar-refractivity contribution < 1.29 is 13.5 Å². The van der Waals surface area contributed by atoms with Gasteiger partial charge in [-0.3, -0.25) is 0 Å². The van der Waals surface area contributed by atoms with Gasteiger partial charge in [-0.15, -0.1) is 0 Å². The number of nitrogens with one attached hydrogen (secondary N) is 1. The molecule has 2 aromatic carbocycles. The lowest BCUT2D eigenvalue weighted by Crippen LogP contribution is -2.07. The van der Waals surface area contributed by atoms with Gasteiger partial charge < -0.3 is 10.1 Å². The fraction of sp³-hybridized carbons (Fsp3) is 0.250. The molecule has 0 saturated heterocycles. The minimum atomic E-state index is -0.713. The van der Waals surface area contributed by atoms with Crippen molar-refractivity contribution in [1.29, 1.82) is 0 Å². The summed E-state index contributed by atoms with van der Waals surface area (Å²) in [6.07, 6.45) is 0.0807. The Kier molecular flexibility index (Phi) is 5.02. The number of hydrogen-bond donors (Lipinski definition) is 1. The zero-order chi connectivity index (χ0) is 15.4. The Morgan fingerprint density at radius 3 is 2.62 bits per heavy atom. The summed E-state index contributed by atoms with van der Waals surface area (Å²) in [6, 6.07) is 9.34. The van der Waals surface area contributed by atoms with Gasteiger partial charge in [-0.25, -0.2) is 8.78 Å². The maximum Gasteiger partial charge on any atom is 0.150 e. The van der Waals surface area contributed by atoms with E-state index in [1.807, 2.05) is 38.1 Å². The highest BCUT2D eigenvalue weighted by Crippen LogP contribution is 2.27. The van der Waals surface area contributed by atoms with E-state index < -0.39 is 11.6 Å². The van der Waals surface area contributed by atoms with E-state index in [0.717, 1.165) is 23.4 Å². The van der Waals surface area contributed by atoms with Crippen LogP contribution in [-0.2, 0) is 6.54 Å². The van der Waals surface area contributed by atoms with Gasteiger partial charge in [0.25, 0.3) is 0 Å². The Hall–Kier alpha value is -1.81. The van der Waals surface area contributed by atoms with Gasteiger partial charge in [0.15, 0.2) is 5.82 Å². The van der Waals surface area contributed by atoms with Gasteiger partial charge in [-0.2, -0.15) is 0 Å². The van der Waals surface area contributed by atoms with Crippen LogP contribution < -0.4 is 10.1 Å². The Morgan fingerprint density at radius 1 is 1.19 bits per heavy atom. The van der Waals surface area contributed by atoms with E-state index in [1.54, 1.807) is 0 Å². The van der Waals surface area contributed by atoms with Crippen LogP contribution >= 0.6 is 11.6 Å². The van der Waals surface area contributed by atoms with Crippen molar-refractivity contribution in [1.82, 2.24) is 0 Å². The summed E-state index contributed by atoms with van der Waals surface area (Å²) in [5.74, 6) is -0.667. The van der Waals surface area contributed by atoms with Crippen LogP contribution in [0, 0.1) is 11.6 Å². The lowest BCUT2D eigenvalue weighted by atomic mass is 10.2. The summed E-state index contributed by atoms with van der Waals surface area (Å²) in [6.45, 7) is 4.24. The molecule has 0 aliphatic rings. The molecule has 5 heteroatoms. The maximum absolute atomic E-state index is 13.7. The molecule has 0 aliphatic carbocycles. The van der Waals surface area contributed by atoms with Crippen LogP contribution in [0.5, 0.6) is 5.75 Å². The molecule has 0 aromatic heterocycles. The molecule has 0 saturated carbocycles. The van der Waals surface area contributed by atoms with E-state index in [0.29, 0.717) is 6.54 Å². The highest BCUT2D eigenvalue weighted by molar-refractivity contribution is 6.33. The number of anilines is 1. The molecule has 0 radical (unpaired) electrons. The van der Waals surface area contributed by atoms with Gasteiger partial charge in [-0.05, 0) is 37.6 Å². The Balaban J connectivity index is 2.10. The van der Waals surface area contributed by atoms with E-state index in [-0.39, 0.29) is 16.8 Å². The molecule has 0 spiro atoms. The monoisotopic (exact) mass is 311 g/mol. The minimum Gasteiger partial charge on any atom is -0.491 e. The van der Waals surface area contributed by atoms with Crippen LogP contribution in [0.2, 0.25) is 5.02 Å². The lowest BCUT2D eigenvalue weighted by Gasteiger charge is -2.13. The standard InChI is InChI=1S/C16H16ClF2NO/c1-10(2)21-13-5-3-4-11(6-13)9-20-16-14(17)7-12(18)8-15(16)19/h3-8,10,20H,9H2,1-2H3. The molecule has 21 heavy (non-hydrogen) atoms. The zero-order valence-electron chi connectivity index (χ0n) is 11.8. The number of hydrogen-bond acceptors (Lipinski definition) is 2. The summed E-state index contributed by atoms with van der Waals surface area (Å²) in [7, 11) is 0. The second kappa shape index (κ2) is 6.76. The fourth-order valence-corrected chi connectivity index (χ4v) is 2.16. The molecule has 0 amide bonds. The molecule has 2 nitrogen and oxygen atoms in total. The van der Waals surface area contributed by atoms with Crippen LogP contribution in [0.3, 0.4) is 0 Å². The number of benzene rings is 2. The summed E-state index contributed by atoms with van der Waals surface area (Å²) < 4.78 is 32.2. The van der Waals surface area contributed by atoms with Gasteiger partial charge in [0.2, 0.25) is 0 Å². The molecule has 0 atom stereocenters. The molecule has 1 N–H and O–H groups in total. The molecule has 0 unspecified atom stereocenters. The molecule has 2 rings (SSSR count). The molecular formula is C16H16ClF2NO. The van der Waals surface area contributed by atoms with Crippen LogP contribution in [0.15, 0.2) is 36.4 Å². The Labute approximate surface area is 127 Å². The van der Waals surface area contributed by atoms with Crippen LogP contribution in [0.4, 0.5) is 14.5 Å². The summed E-state index contributed by atoms with van der Waals surface area (Å²) in [5, 5.41) is 2.89. The van der Waals surface area contributed by atoms with Crippen LogP contribution in [0.1, 0.15) is 19.4 Å². The normalized spacial score (nSPS) is 10.8. The zero-order valence-corrected chi connectivity index (χ0v) is 12.5. The predicted molar refractivity (Wildman–Crippen MR) is 80.9 cm³/mol. The van der Waals surface area contributed by atoms with Crippen molar-refractivity contribution >= 4 is 17.3 Å². The number of ether oxygens (including phenoxy) is 1. The topological polar surface area (TPSA) is 21.3 Å². The second-order valence-corrected chi connectivity index (χ2v) is 5.32. The highest BCUT2D eigenvalue weighted by atomic mass is 35.5. The third kappa shape index (κ3) is 4.33. The predicted octanol–water partition coefficient (Wildman–Crippen LogP) is 5.02. The van der Waals surface area contributed by atoms with E-state index >= 15 is 0 Å². The average molecular weight is 312 g/mol. The molecule has 2 aromatic rings. The summed E-state index contributed by atoms with van der Waals surface area (Å²) in [5.41, 5.74) is 1.00. The van der Waals surface area contributed by atoms with Gasteiger partial charge in [0.1, 0.15) is 11.6 Å². The third-order valence-electron chi connectivity index (χ3n) is 2.75. The van der Waals surface area contributed by atoms with Crippen LogP contribution in [-0.4, -0.2) is 6.10 Å². The Bertz CT molecular complexity index is 608. The molecule has 0 aliphatic heterocycles. The van der Waals surface area contributed by atoms with Crippen molar-refractivity contribution in [2.24, 2.45) is 0 Å². The van der Waals surface area contributed by atoms with Gasteiger partial charge in [-0.1, -0.05) is 23.7 Å². The SMILES string of the molecule is CC(C)Oc1cccc(CNc2c(F)cc(F)cc2Cl)c1. The summed E-state index contributed by atoms with van der Waals surface area (Å²) in [4.78, 5) is 0. The summed E-state index contributed by atoms with van der Waals surface area (Å²) >= 11 is 5.83. The van der Waals surface area contributed by atoms with E-state index in [4.69, 9.17) is 16.3 Å².